The van der Waals surface area contributed by atoms with Crippen molar-refractivity contribution in [1.29, 1.82) is 0 Å². The molecule has 0 atom stereocenters. The number of aromatic nitrogens is 3. The van der Waals surface area contributed by atoms with Gasteiger partial charge in [-0.15, -0.1) is 5.10 Å². The van der Waals surface area contributed by atoms with E-state index in [9.17, 15) is 9.59 Å². The van der Waals surface area contributed by atoms with Crippen LogP contribution in [0.15, 0.2) is 0 Å². The van der Waals surface area contributed by atoms with E-state index in [4.69, 9.17) is 15.2 Å². The highest BCUT2D eigenvalue weighted by atomic mass is 16.5. The van der Waals surface area contributed by atoms with Crippen molar-refractivity contribution in [2.45, 2.75) is 39.8 Å². The van der Waals surface area contributed by atoms with Crippen molar-refractivity contribution in [2.24, 2.45) is 0 Å². The summed E-state index contributed by atoms with van der Waals surface area (Å²) in [5.41, 5.74) is 5.59. The van der Waals surface area contributed by atoms with Gasteiger partial charge in [-0.1, -0.05) is 12.1 Å². The van der Waals surface area contributed by atoms with Crippen LogP contribution in [0.4, 0.5) is 5.82 Å². The molecule has 1 aromatic rings. The Labute approximate surface area is 110 Å². The molecule has 106 valence electrons. The van der Waals surface area contributed by atoms with Crippen molar-refractivity contribution in [3.05, 3.63) is 5.69 Å². The van der Waals surface area contributed by atoms with E-state index < -0.39 is 11.9 Å². The zero-order valence-electron chi connectivity index (χ0n) is 11.3. The number of hydrogen-bond donors (Lipinski definition) is 1. The second kappa shape index (κ2) is 6.72. The molecule has 2 N–H and O–H groups in total. The summed E-state index contributed by atoms with van der Waals surface area (Å²) in [7, 11) is 0. The summed E-state index contributed by atoms with van der Waals surface area (Å²) in [5, 5.41) is 7.24. The Morgan fingerprint density at radius 1 is 1.42 bits per heavy atom. The number of nitrogen functional groups attached to an aromatic ring is 1. The van der Waals surface area contributed by atoms with Crippen LogP contribution in [-0.2, 0) is 20.8 Å². The molecule has 1 rings (SSSR count). The van der Waals surface area contributed by atoms with Crippen molar-refractivity contribution in [2.75, 3.05) is 12.3 Å². The molecule has 0 spiro atoms. The third-order valence-electron chi connectivity index (χ3n) is 2.06. The van der Waals surface area contributed by atoms with Crippen LogP contribution in [0.1, 0.15) is 37.7 Å². The fourth-order valence-electron chi connectivity index (χ4n) is 1.24. The number of nitrogens with zero attached hydrogens (tertiary/aromatic N) is 3. The first kappa shape index (κ1) is 14.9. The summed E-state index contributed by atoms with van der Waals surface area (Å²) in [6.45, 7) is 5.45. The lowest BCUT2D eigenvalue weighted by Crippen LogP contribution is -2.18. The third kappa shape index (κ3) is 4.23. The lowest BCUT2D eigenvalue weighted by Gasteiger charge is -2.06. The first-order valence-electron chi connectivity index (χ1n) is 6.01. The number of carbonyl (C=O) groups is 2. The SMILES string of the molecule is CCCOC(=O)Cn1nnc(C(=O)OC(C)C)c1N. The maximum absolute atomic E-state index is 11.6. The monoisotopic (exact) mass is 270 g/mol. The fourth-order valence-corrected chi connectivity index (χ4v) is 1.24. The lowest BCUT2D eigenvalue weighted by molar-refractivity contribution is -0.144. The summed E-state index contributed by atoms with van der Waals surface area (Å²) >= 11 is 0. The minimum absolute atomic E-state index is 0.0147. The van der Waals surface area contributed by atoms with Gasteiger partial charge in [-0.3, -0.25) is 4.79 Å². The molecule has 0 aliphatic heterocycles. The number of nitrogens with two attached hydrogens (primary N) is 1. The highest BCUT2D eigenvalue weighted by Crippen LogP contribution is 2.10. The van der Waals surface area contributed by atoms with E-state index in [1.165, 1.54) is 0 Å². The number of ether oxygens (including phenoxy) is 2. The van der Waals surface area contributed by atoms with Crippen LogP contribution < -0.4 is 5.73 Å². The molecule has 0 fully saturated rings. The average molecular weight is 270 g/mol. The maximum atomic E-state index is 11.6. The van der Waals surface area contributed by atoms with E-state index in [2.05, 4.69) is 10.3 Å². The molecular weight excluding hydrogens is 252 g/mol. The Kier molecular flexibility index (Phi) is 5.28. The molecule has 0 amide bonds. The van der Waals surface area contributed by atoms with Gasteiger partial charge in [0.25, 0.3) is 0 Å². The molecule has 0 unspecified atom stereocenters. The molecule has 19 heavy (non-hydrogen) atoms. The molecule has 0 radical (unpaired) electrons. The first-order chi connectivity index (χ1) is 8.95. The average Bonchev–Trinajstić information content (AvgIpc) is 2.67. The molecule has 0 aliphatic rings. The predicted molar refractivity (Wildman–Crippen MR) is 66.2 cm³/mol. The van der Waals surface area contributed by atoms with Crippen LogP contribution in [0, 0.1) is 0 Å². The molecule has 0 aliphatic carbocycles. The molecular formula is C11H18N4O4. The van der Waals surface area contributed by atoms with Gasteiger partial charge in [-0.05, 0) is 20.3 Å². The molecule has 0 aromatic carbocycles. The van der Waals surface area contributed by atoms with Crippen molar-refractivity contribution >= 4 is 17.8 Å². The normalized spacial score (nSPS) is 10.5. The Bertz CT molecular complexity index is 456. The summed E-state index contributed by atoms with van der Waals surface area (Å²) in [6.07, 6.45) is 0.441. The second-order valence-corrected chi connectivity index (χ2v) is 4.16. The minimum Gasteiger partial charge on any atom is -0.464 e. The number of anilines is 1. The highest BCUT2D eigenvalue weighted by molar-refractivity contribution is 5.92. The summed E-state index contributed by atoms with van der Waals surface area (Å²) < 4.78 is 10.9. The quantitative estimate of drug-likeness (QED) is 0.744. The van der Waals surface area contributed by atoms with E-state index in [1.807, 2.05) is 6.92 Å². The van der Waals surface area contributed by atoms with Gasteiger partial charge in [0.05, 0.1) is 12.7 Å². The van der Waals surface area contributed by atoms with E-state index in [0.717, 1.165) is 11.1 Å². The molecule has 8 heteroatoms. The maximum Gasteiger partial charge on any atom is 0.363 e. The van der Waals surface area contributed by atoms with Crippen molar-refractivity contribution < 1.29 is 19.1 Å². The molecule has 0 saturated carbocycles. The third-order valence-corrected chi connectivity index (χ3v) is 2.06. The van der Waals surface area contributed by atoms with E-state index in [-0.39, 0.29) is 24.2 Å². The number of hydrogen-bond acceptors (Lipinski definition) is 7. The van der Waals surface area contributed by atoms with E-state index >= 15 is 0 Å². The fraction of sp³-hybridized carbons (Fsp3) is 0.636. The van der Waals surface area contributed by atoms with Gasteiger partial charge in [0.15, 0.2) is 5.82 Å². The van der Waals surface area contributed by atoms with Gasteiger partial charge in [0.1, 0.15) is 6.54 Å². The van der Waals surface area contributed by atoms with Crippen LogP contribution in [0.2, 0.25) is 0 Å². The topological polar surface area (TPSA) is 109 Å². The van der Waals surface area contributed by atoms with Gasteiger partial charge in [-0.2, -0.15) is 0 Å². The number of rotatable bonds is 6. The lowest BCUT2D eigenvalue weighted by atomic mass is 10.4. The van der Waals surface area contributed by atoms with E-state index in [0.29, 0.717) is 6.61 Å². The van der Waals surface area contributed by atoms with Gasteiger partial charge >= 0.3 is 11.9 Å². The van der Waals surface area contributed by atoms with Gasteiger partial charge in [0.2, 0.25) is 5.69 Å². The van der Waals surface area contributed by atoms with Gasteiger partial charge in [0, 0.05) is 0 Å². The number of esters is 2. The van der Waals surface area contributed by atoms with Crippen LogP contribution in [0.3, 0.4) is 0 Å². The highest BCUT2D eigenvalue weighted by Gasteiger charge is 2.21. The predicted octanol–water partition coefficient (Wildman–Crippen LogP) is 0.379. The Morgan fingerprint density at radius 2 is 2.11 bits per heavy atom. The first-order valence-corrected chi connectivity index (χ1v) is 6.01. The van der Waals surface area contributed by atoms with Crippen LogP contribution >= 0.6 is 0 Å². The standard InChI is InChI=1S/C11H18N4O4/c1-4-5-18-8(16)6-15-10(12)9(13-14-15)11(17)19-7(2)3/h7H,4-6,12H2,1-3H3. The Hall–Kier alpha value is -2.12. The Morgan fingerprint density at radius 3 is 2.68 bits per heavy atom. The Balaban J connectivity index is 2.70. The van der Waals surface area contributed by atoms with Crippen molar-refractivity contribution in [3.8, 4) is 0 Å². The largest absolute Gasteiger partial charge is 0.464 e. The summed E-state index contributed by atoms with van der Waals surface area (Å²) in [4.78, 5) is 23.0. The van der Waals surface area contributed by atoms with Crippen LogP contribution in [0.25, 0.3) is 0 Å². The zero-order valence-corrected chi connectivity index (χ0v) is 11.3. The van der Waals surface area contributed by atoms with Crippen molar-refractivity contribution in [3.63, 3.8) is 0 Å². The summed E-state index contributed by atoms with van der Waals surface area (Å²) in [5.74, 6) is -1.16. The summed E-state index contributed by atoms with van der Waals surface area (Å²) in [6, 6.07) is 0. The van der Waals surface area contributed by atoms with Crippen LogP contribution in [-0.4, -0.2) is 39.6 Å². The number of carbonyl (C=O) groups excluding carboxylic acids is 2. The minimum atomic E-state index is -0.666. The van der Waals surface area contributed by atoms with Gasteiger partial charge < -0.3 is 15.2 Å². The van der Waals surface area contributed by atoms with Crippen LogP contribution in [0.5, 0.6) is 0 Å². The molecule has 1 heterocycles. The second-order valence-electron chi connectivity index (χ2n) is 4.16. The van der Waals surface area contributed by atoms with E-state index in [1.54, 1.807) is 13.8 Å². The smallest absolute Gasteiger partial charge is 0.363 e. The molecule has 8 nitrogen and oxygen atoms in total. The van der Waals surface area contributed by atoms with Gasteiger partial charge in [-0.25, -0.2) is 9.48 Å². The molecule has 1 aromatic heterocycles. The van der Waals surface area contributed by atoms with Crippen molar-refractivity contribution in [1.82, 2.24) is 15.0 Å². The molecule has 0 bridgehead atoms. The zero-order chi connectivity index (χ0) is 14.4. The molecule has 0 saturated heterocycles.